The highest BCUT2D eigenvalue weighted by Crippen LogP contribution is 2.23. The van der Waals surface area contributed by atoms with Crippen LogP contribution < -0.4 is 5.32 Å². The molecule has 1 aliphatic carbocycles. The molecule has 1 saturated carbocycles. The number of nitrogens with zero attached hydrogens (tertiary/aromatic N) is 1. The van der Waals surface area contributed by atoms with Crippen molar-refractivity contribution in [2.75, 3.05) is 5.32 Å². The largest absolute Gasteiger partial charge is 0.457 e. The second kappa shape index (κ2) is 7.95. The van der Waals surface area contributed by atoms with Gasteiger partial charge in [0, 0.05) is 11.7 Å². The van der Waals surface area contributed by atoms with Crippen LogP contribution in [0.25, 0.3) is 0 Å². The Kier molecular flexibility index (Phi) is 5.47. The Morgan fingerprint density at radius 1 is 1.12 bits per heavy atom. The summed E-state index contributed by atoms with van der Waals surface area (Å²) in [7, 11) is 0. The van der Waals surface area contributed by atoms with E-state index in [0.717, 1.165) is 24.1 Å². The molecule has 4 nitrogen and oxygen atoms in total. The lowest BCUT2D eigenvalue weighted by Crippen LogP contribution is -2.24. The summed E-state index contributed by atoms with van der Waals surface area (Å²) in [6.45, 7) is 2.21. The molecule has 0 atom stereocenters. The summed E-state index contributed by atoms with van der Waals surface area (Å²) >= 11 is 0. The molecule has 0 spiro atoms. The number of pyridine rings is 1. The van der Waals surface area contributed by atoms with Crippen LogP contribution in [0.4, 0.5) is 5.82 Å². The maximum atomic E-state index is 12.5. The first-order valence-electron chi connectivity index (χ1n) is 8.67. The van der Waals surface area contributed by atoms with Gasteiger partial charge in [0.2, 0.25) is 0 Å². The molecule has 3 rings (SSSR count). The zero-order valence-corrected chi connectivity index (χ0v) is 14.1. The van der Waals surface area contributed by atoms with Gasteiger partial charge in [-0.3, -0.25) is 0 Å². The van der Waals surface area contributed by atoms with E-state index in [0.29, 0.717) is 17.4 Å². The maximum Gasteiger partial charge on any atom is 0.342 e. The molecule has 1 fully saturated rings. The zero-order chi connectivity index (χ0) is 16.8. The molecule has 0 radical (unpaired) electrons. The summed E-state index contributed by atoms with van der Waals surface area (Å²) in [4.78, 5) is 17.0. The average Bonchev–Trinajstić information content (AvgIpc) is 2.62. The van der Waals surface area contributed by atoms with Crippen molar-refractivity contribution in [3.63, 3.8) is 0 Å². The van der Waals surface area contributed by atoms with Gasteiger partial charge in [0.1, 0.15) is 18.0 Å². The van der Waals surface area contributed by atoms with Crippen LogP contribution in [0.1, 0.15) is 53.7 Å². The lowest BCUT2D eigenvalue weighted by atomic mass is 9.95. The summed E-state index contributed by atoms with van der Waals surface area (Å²) < 4.78 is 5.46. The van der Waals surface area contributed by atoms with Gasteiger partial charge in [-0.05, 0) is 37.5 Å². The van der Waals surface area contributed by atoms with E-state index in [2.05, 4.69) is 10.3 Å². The monoisotopic (exact) mass is 324 g/mol. The highest BCUT2D eigenvalue weighted by Gasteiger charge is 2.19. The van der Waals surface area contributed by atoms with Gasteiger partial charge in [-0.2, -0.15) is 0 Å². The Balaban J connectivity index is 1.70. The van der Waals surface area contributed by atoms with E-state index in [1.54, 1.807) is 6.07 Å². The number of aryl methyl sites for hydroxylation is 1. The Bertz CT molecular complexity index is 679. The van der Waals surface area contributed by atoms with E-state index in [-0.39, 0.29) is 12.6 Å². The molecule has 0 amide bonds. The van der Waals surface area contributed by atoms with Crippen LogP contribution in [-0.4, -0.2) is 17.0 Å². The van der Waals surface area contributed by atoms with Gasteiger partial charge < -0.3 is 10.1 Å². The number of ether oxygens (including phenoxy) is 1. The van der Waals surface area contributed by atoms with Crippen LogP contribution >= 0.6 is 0 Å². The van der Waals surface area contributed by atoms with Crippen molar-refractivity contribution < 1.29 is 9.53 Å². The van der Waals surface area contributed by atoms with Crippen molar-refractivity contribution in [2.24, 2.45) is 0 Å². The molecule has 2 aromatic rings. The lowest BCUT2D eigenvalue weighted by Gasteiger charge is -2.24. The Morgan fingerprint density at radius 3 is 2.62 bits per heavy atom. The minimum atomic E-state index is -0.329. The highest BCUT2D eigenvalue weighted by atomic mass is 16.5. The first-order chi connectivity index (χ1) is 11.7. The minimum absolute atomic E-state index is 0.274. The number of benzene rings is 1. The summed E-state index contributed by atoms with van der Waals surface area (Å²) in [6.07, 6.45) is 6.03. The normalized spacial score (nSPS) is 15.0. The van der Waals surface area contributed by atoms with Crippen LogP contribution in [-0.2, 0) is 11.3 Å². The molecule has 1 heterocycles. The number of rotatable bonds is 5. The second-order valence-electron chi connectivity index (χ2n) is 6.39. The average molecular weight is 324 g/mol. The first-order valence-corrected chi connectivity index (χ1v) is 8.67. The van der Waals surface area contributed by atoms with Crippen molar-refractivity contribution in [1.82, 2.24) is 4.98 Å². The van der Waals surface area contributed by atoms with Crippen LogP contribution in [0.15, 0.2) is 42.5 Å². The molecule has 4 heteroatoms. The predicted octanol–water partition coefficient (Wildman–Crippen LogP) is 4.49. The molecule has 1 aromatic heterocycles. The van der Waals surface area contributed by atoms with Crippen LogP contribution in [0.5, 0.6) is 0 Å². The number of esters is 1. The molecule has 0 unspecified atom stereocenters. The van der Waals surface area contributed by atoms with Crippen molar-refractivity contribution in [3.05, 3.63) is 59.3 Å². The maximum absolute atomic E-state index is 12.5. The topological polar surface area (TPSA) is 51.2 Å². The van der Waals surface area contributed by atoms with E-state index < -0.39 is 0 Å². The predicted molar refractivity (Wildman–Crippen MR) is 95.0 cm³/mol. The van der Waals surface area contributed by atoms with Crippen molar-refractivity contribution in [2.45, 2.75) is 51.7 Å². The standard InChI is InChI=1S/C20H24N2O2/c1-15-12-13-18(19(21-15)22-17-10-6-3-7-11-17)20(23)24-14-16-8-4-2-5-9-16/h2,4-5,8-9,12-13,17H,3,6-7,10-11,14H2,1H3,(H,21,22). The van der Waals surface area contributed by atoms with Gasteiger partial charge in [-0.25, -0.2) is 9.78 Å². The van der Waals surface area contributed by atoms with E-state index in [1.165, 1.54) is 19.3 Å². The highest BCUT2D eigenvalue weighted by molar-refractivity contribution is 5.94. The number of hydrogen-bond acceptors (Lipinski definition) is 4. The Labute approximate surface area is 143 Å². The van der Waals surface area contributed by atoms with Gasteiger partial charge in [-0.1, -0.05) is 49.6 Å². The molecule has 0 saturated heterocycles. The molecule has 1 aliphatic rings. The summed E-state index contributed by atoms with van der Waals surface area (Å²) in [5.41, 5.74) is 2.39. The number of anilines is 1. The number of nitrogens with one attached hydrogen (secondary N) is 1. The molecule has 1 aromatic carbocycles. The molecule has 0 aliphatic heterocycles. The number of aromatic nitrogens is 1. The quantitative estimate of drug-likeness (QED) is 0.823. The van der Waals surface area contributed by atoms with Crippen molar-refractivity contribution >= 4 is 11.8 Å². The molecule has 1 N–H and O–H groups in total. The third kappa shape index (κ3) is 4.34. The molecule has 0 bridgehead atoms. The van der Waals surface area contributed by atoms with Gasteiger partial charge in [0.25, 0.3) is 0 Å². The summed E-state index contributed by atoms with van der Waals surface area (Å²) in [5, 5.41) is 3.46. The van der Waals surface area contributed by atoms with Crippen molar-refractivity contribution in [3.8, 4) is 0 Å². The van der Waals surface area contributed by atoms with Crippen LogP contribution in [0.2, 0.25) is 0 Å². The van der Waals surface area contributed by atoms with Gasteiger partial charge in [0.15, 0.2) is 0 Å². The van der Waals surface area contributed by atoms with Gasteiger partial charge in [-0.15, -0.1) is 0 Å². The van der Waals surface area contributed by atoms with Gasteiger partial charge >= 0.3 is 5.97 Å². The smallest absolute Gasteiger partial charge is 0.342 e. The third-order valence-corrected chi connectivity index (χ3v) is 4.41. The lowest BCUT2D eigenvalue weighted by molar-refractivity contribution is 0.0473. The van der Waals surface area contributed by atoms with Crippen molar-refractivity contribution in [1.29, 1.82) is 0 Å². The number of carbonyl (C=O) groups excluding carboxylic acids is 1. The third-order valence-electron chi connectivity index (χ3n) is 4.41. The zero-order valence-electron chi connectivity index (χ0n) is 14.1. The molecular formula is C20H24N2O2. The Morgan fingerprint density at radius 2 is 1.88 bits per heavy atom. The second-order valence-corrected chi connectivity index (χ2v) is 6.39. The number of hydrogen-bond donors (Lipinski definition) is 1. The van der Waals surface area contributed by atoms with E-state index in [9.17, 15) is 4.79 Å². The summed E-state index contributed by atoms with van der Waals surface area (Å²) in [5.74, 6) is 0.324. The van der Waals surface area contributed by atoms with E-state index >= 15 is 0 Å². The van der Waals surface area contributed by atoms with E-state index in [1.807, 2.05) is 43.3 Å². The Hall–Kier alpha value is -2.36. The van der Waals surface area contributed by atoms with E-state index in [4.69, 9.17) is 4.74 Å². The van der Waals surface area contributed by atoms with Crippen LogP contribution in [0, 0.1) is 6.92 Å². The minimum Gasteiger partial charge on any atom is -0.457 e. The fraction of sp³-hybridized carbons (Fsp3) is 0.400. The van der Waals surface area contributed by atoms with Gasteiger partial charge in [0.05, 0.1) is 0 Å². The number of carbonyl (C=O) groups is 1. The molecule has 24 heavy (non-hydrogen) atoms. The first kappa shape index (κ1) is 16.5. The molecular weight excluding hydrogens is 300 g/mol. The molecule has 126 valence electrons. The summed E-state index contributed by atoms with van der Waals surface area (Å²) in [6, 6.07) is 13.8. The fourth-order valence-corrected chi connectivity index (χ4v) is 3.07. The van der Waals surface area contributed by atoms with Crippen LogP contribution in [0.3, 0.4) is 0 Å². The SMILES string of the molecule is Cc1ccc(C(=O)OCc2ccccc2)c(NC2CCCCC2)n1. The fourth-order valence-electron chi connectivity index (χ4n) is 3.07.